The largest absolute Gasteiger partial charge is 0.497 e. The third kappa shape index (κ3) is 7.44. The quantitative estimate of drug-likeness (QED) is 0.314. The summed E-state index contributed by atoms with van der Waals surface area (Å²) in [6.07, 6.45) is 0.325. The molecule has 8 nitrogen and oxygen atoms in total. The molecule has 3 aromatic rings. The summed E-state index contributed by atoms with van der Waals surface area (Å²) >= 11 is 12.3. The van der Waals surface area contributed by atoms with Crippen LogP contribution < -0.4 is 14.4 Å². The first-order chi connectivity index (χ1) is 18.6. The number of nitrogens with zero attached hydrogens (tertiary/aromatic N) is 2. The van der Waals surface area contributed by atoms with E-state index in [1.807, 2.05) is 0 Å². The number of anilines is 1. The predicted molar refractivity (Wildman–Crippen MR) is 154 cm³/mol. The number of hydrogen-bond donors (Lipinski definition) is 1. The van der Waals surface area contributed by atoms with E-state index < -0.39 is 28.5 Å². The Hall–Kier alpha value is -3.27. The van der Waals surface area contributed by atoms with E-state index >= 15 is 0 Å². The van der Waals surface area contributed by atoms with Crippen molar-refractivity contribution in [3.05, 3.63) is 88.4 Å². The van der Waals surface area contributed by atoms with Crippen molar-refractivity contribution < 1.29 is 22.7 Å². The maximum atomic E-state index is 13.9. The van der Waals surface area contributed by atoms with Crippen molar-refractivity contribution in [1.82, 2.24) is 10.2 Å². The molecule has 3 rings (SSSR count). The SMILES string of the molecule is CCNC(=O)[C@@H](CC)N(Cc1ccc(OC)cc1)C(=O)CN(c1ccc(Cl)c(Cl)c1)S(=O)(=O)c1ccccc1. The van der Waals surface area contributed by atoms with Gasteiger partial charge >= 0.3 is 0 Å². The summed E-state index contributed by atoms with van der Waals surface area (Å²) in [5.41, 5.74) is 0.913. The van der Waals surface area contributed by atoms with Gasteiger partial charge in [-0.3, -0.25) is 13.9 Å². The lowest BCUT2D eigenvalue weighted by Crippen LogP contribution is -2.52. The van der Waals surface area contributed by atoms with Gasteiger partial charge in [0, 0.05) is 13.1 Å². The topological polar surface area (TPSA) is 96.0 Å². The molecule has 0 aliphatic heterocycles. The fraction of sp³-hybridized carbons (Fsp3) is 0.286. The van der Waals surface area contributed by atoms with Gasteiger partial charge in [0.15, 0.2) is 0 Å². The van der Waals surface area contributed by atoms with Gasteiger partial charge in [0.2, 0.25) is 11.8 Å². The first kappa shape index (κ1) is 30.3. The molecule has 0 radical (unpaired) electrons. The minimum atomic E-state index is -4.19. The molecule has 2 amide bonds. The fourth-order valence-electron chi connectivity index (χ4n) is 4.03. The van der Waals surface area contributed by atoms with Gasteiger partial charge < -0.3 is 15.0 Å². The standard InChI is InChI=1S/C28H31Cl2N3O5S/c1-4-26(28(35)31-5-2)32(18-20-11-14-22(38-3)15-12-20)27(34)19-33(21-13-16-24(29)25(30)17-21)39(36,37)23-9-7-6-8-10-23/h6-17,26H,4-5,18-19H2,1-3H3,(H,31,35)/t26-/m1/s1. The van der Waals surface area contributed by atoms with E-state index in [2.05, 4.69) is 5.32 Å². The third-order valence-electron chi connectivity index (χ3n) is 6.05. The number of methoxy groups -OCH3 is 1. The fourth-order valence-corrected chi connectivity index (χ4v) is 5.75. The molecule has 0 spiro atoms. The summed E-state index contributed by atoms with van der Waals surface area (Å²) in [6.45, 7) is 3.49. The molecule has 39 heavy (non-hydrogen) atoms. The van der Waals surface area contributed by atoms with Gasteiger partial charge in [-0.15, -0.1) is 0 Å². The Morgan fingerprint density at radius 1 is 0.949 bits per heavy atom. The number of benzene rings is 3. The van der Waals surface area contributed by atoms with Crippen LogP contribution in [0.5, 0.6) is 5.75 Å². The molecule has 0 fully saturated rings. The van der Waals surface area contributed by atoms with Crippen molar-refractivity contribution in [1.29, 1.82) is 0 Å². The number of nitrogens with one attached hydrogen (secondary N) is 1. The molecule has 0 bridgehead atoms. The van der Waals surface area contributed by atoms with Crippen LogP contribution in [0.2, 0.25) is 10.0 Å². The van der Waals surface area contributed by atoms with Gasteiger partial charge in [-0.05, 0) is 61.4 Å². The van der Waals surface area contributed by atoms with Crippen LogP contribution in [0.1, 0.15) is 25.8 Å². The Balaban J connectivity index is 2.06. The minimum Gasteiger partial charge on any atom is -0.497 e. The molecular weight excluding hydrogens is 561 g/mol. The number of amides is 2. The third-order valence-corrected chi connectivity index (χ3v) is 8.58. The van der Waals surface area contributed by atoms with Crippen molar-refractivity contribution in [2.75, 3.05) is 24.5 Å². The first-order valence-corrected chi connectivity index (χ1v) is 14.5. The highest BCUT2D eigenvalue weighted by Crippen LogP contribution is 2.31. The van der Waals surface area contributed by atoms with Gasteiger partial charge in [-0.2, -0.15) is 0 Å². The maximum absolute atomic E-state index is 13.9. The monoisotopic (exact) mass is 591 g/mol. The summed E-state index contributed by atoms with van der Waals surface area (Å²) in [4.78, 5) is 28.3. The van der Waals surface area contributed by atoms with Gasteiger partial charge in [0.1, 0.15) is 18.3 Å². The molecule has 0 heterocycles. The van der Waals surface area contributed by atoms with Crippen LogP contribution in [0.3, 0.4) is 0 Å². The molecule has 0 saturated carbocycles. The average molecular weight is 593 g/mol. The molecule has 0 unspecified atom stereocenters. The molecular formula is C28H31Cl2N3O5S. The van der Waals surface area contributed by atoms with Crippen LogP contribution in [0, 0.1) is 0 Å². The number of carbonyl (C=O) groups is 2. The summed E-state index contributed by atoms with van der Waals surface area (Å²) in [6, 6.07) is 18.4. The molecule has 1 N–H and O–H groups in total. The molecule has 1 atom stereocenters. The highest BCUT2D eigenvalue weighted by molar-refractivity contribution is 7.92. The Morgan fingerprint density at radius 2 is 1.62 bits per heavy atom. The van der Waals surface area contributed by atoms with E-state index in [4.69, 9.17) is 27.9 Å². The lowest BCUT2D eigenvalue weighted by molar-refractivity contribution is -0.140. The molecule has 0 saturated heterocycles. The van der Waals surface area contributed by atoms with E-state index in [1.165, 1.54) is 35.2 Å². The second-order valence-electron chi connectivity index (χ2n) is 8.61. The Kier molecular flexibility index (Phi) is 10.6. The lowest BCUT2D eigenvalue weighted by atomic mass is 10.1. The molecule has 0 aromatic heterocycles. The van der Waals surface area contributed by atoms with Gasteiger partial charge in [-0.1, -0.05) is 60.5 Å². The van der Waals surface area contributed by atoms with Gasteiger partial charge in [0.05, 0.1) is 27.7 Å². The van der Waals surface area contributed by atoms with Crippen molar-refractivity contribution >= 4 is 50.7 Å². The number of ether oxygens (including phenoxy) is 1. The van der Waals surface area contributed by atoms with Crippen molar-refractivity contribution in [3.63, 3.8) is 0 Å². The zero-order valence-electron chi connectivity index (χ0n) is 21.9. The Morgan fingerprint density at radius 3 is 2.18 bits per heavy atom. The smallest absolute Gasteiger partial charge is 0.264 e. The molecule has 0 aliphatic carbocycles. The van der Waals surface area contributed by atoms with Crippen molar-refractivity contribution in [2.24, 2.45) is 0 Å². The normalized spacial score (nSPS) is 11.9. The number of sulfonamides is 1. The molecule has 11 heteroatoms. The minimum absolute atomic E-state index is 0.00124. The van der Waals surface area contributed by atoms with E-state index in [0.29, 0.717) is 18.7 Å². The van der Waals surface area contributed by atoms with Crippen molar-refractivity contribution in [3.8, 4) is 5.75 Å². The number of likely N-dealkylation sites (N-methyl/N-ethyl adjacent to an activating group) is 1. The van der Waals surface area contributed by atoms with Gasteiger partial charge in [0.25, 0.3) is 10.0 Å². The lowest BCUT2D eigenvalue weighted by Gasteiger charge is -2.33. The summed E-state index contributed by atoms with van der Waals surface area (Å²) < 4.78 is 33.8. The van der Waals surface area contributed by atoms with Crippen LogP contribution in [-0.4, -0.2) is 51.4 Å². The second-order valence-corrected chi connectivity index (χ2v) is 11.3. The summed E-state index contributed by atoms with van der Waals surface area (Å²) in [5.74, 6) is -0.240. The first-order valence-electron chi connectivity index (χ1n) is 12.3. The molecule has 3 aromatic carbocycles. The highest BCUT2D eigenvalue weighted by Gasteiger charge is 2.33. The maximum Gasteiger partial charge on any atom is 0.264 e. The van der Waals surface area contributed by atoms with E-state index in [0.717, 1.165) is 9.87 Å². The zero-order chi connectivity index (χ0) is 28.6. The van der Waals surface area contributed by atoms with Crippen LogP contribution in [-0.2, 0) is 26.2 Å². The van der Waals surface area contributed by atoms with Crippen LogP contribution in [0.25, 0.3) is 0 Å². The number of carbonyl (C=O) groups excluding carboxylic acids is 2. The summed E-state index contributed by atoms with van der Waals surface area (Å²) in [7, 11) is -2.64. The number of halogens is 2. The number of hydrogen-bond acceptors (Lipinski definition) is 5. The van der Waals surface area contributed by atoms with Crippen LogP contribution in [0.4, 0.5) is 5.69 Å². The molecule has 208 valence electrons. The van der Waals surface area contributed by atoms with Crippen LogP contribution >= 0.6 is 23.2 Å². The zero-order valence-corrected chi connectivity index (χ0v) is 24.3. The number of rotatable bonds is 12. The second kappa shape index (κ2) is 13.7. The highest BCUT2D eigenvalue weighted by atomic mass is 35.5. The summed E-state index contributed by atoms with van der Waals surface area (Å²) in [5, 5.41) is 3.15. The van der Waals surface area contributed by atoms with E-state index in [-0.39, 0.29) is 33.1 Å². The average Bonchev–Trinajstić information content (AvgIpc) is 2.94. The predicted octanol–water partition coefficient (Wildman–Crippen LogP) is 5.14. The Bertz CT molecular complexity index is 1390. The van der Waals surface area contributed by atoms with E-state index in [9.17, 15) is 18.0 Å². The van der Waals surface area contributed by atoms with Crippen LogP contribution in [0.15, 0.2) is 77.7 Å². The van der Waals surface area contributed by atoms with Gasteiger partial charge in [-0.25, -0.2) is 8.42 Å². The van der Waals surface area contributed by atoms with Crippen molar-refractivity contribution in [2.45, 2.75) is 37.8 Å². The van der Waals surface area contributed by atoms with E-state index in [1.54, 1.807) is 63.4 Å². The Labute approximate surface area is 239 Å². The molecule has 0 aliphatic rings.